The number of benzene rings is 1. The normalized spacial score (nSPS) is 11.3. The van der Waals surface area contributed by atoms with E-state index in [1.54, 1.807) is 12.4 Å². The van der Waals surface area contributed by atoms with E-state index in [1.165, 1.54) is 0 Å². The van der Waals surface area contributed by atoms with E-state index >= 15 is 0 Å². The number of aryl methyl sites for hydroxylation is 1. The molecule has 7 nitrogen and oxygen atoms in total. The topological polar surface area (TPSA) is 85.8 Å². The highest BCUT2D eigenvalue weighted by Crippen LogP contribution is 2.22. The number of anilines is 1. The molecular weight excluding hydrogens is 354 g/mol. The van der Waals surface area contributed by atoms with Crippen LogP contribution in [0.3, 0.4) is 0 Å². The van der Waals surface area contributed by atoms with Crippen LogP contribution in [-0.4, -0.2) is 25.7 Å². The average molecular weight is 375 g/mol. The molecule has 0 radical (unpaired) electrons. The molecule has 4 aromatic rings. The number of carbonyl (C=O) groups excluding carboxylic acids is 1. The summed E-state index contributed by atoms with van der Waals surface area (Å²) in [5.74, 6) is 0.985. The number of carbonyl (C=O) groups is 1. The van der Waals surface area contributed by atoms with Crippen molar-refractivity contribution >= 4 is 22.6 Å². The first kappa shape index (κ1) is 17.9. The molecule has 0 aliphatic heterocycles. The van der Waals surface area contributed by atoms with E-state index in [2.05, 4.69) is 20.4 Å². The number of nitrogens with one attached hydrogen (secondary N) is 1. The van der Waals surface area contributed by atoms with Crippen LogP contribution in [0.25, 0.3) is 22.5 Å². The van der Waals surface area contributed by atoms with Crippen molar-refractivity contribution in [1.82, 2.24) is 19.7 Å². The maximum atomic E-state index is 12.5. The number of hydrogen-bond donors (Lipinski definition) is 1. The van der Waals surface area contributed by atoms with E-state index in [0.29, 0.717) is 23.0 Å². The van der Waals surface area contributed by atoms with Gasteiger partial charge in [-0.1, -0.05) is 18.2 Å². The van der Waals surface area contributed by atoms with Crippen molar-refractivity contribution in [3.8, 4) is 11.5 Å². The van der Waals surface area contributed by atoms with Crippen molar-refractivity contribution < 1.29 is 9.21 Å². The predicted octanol–water partition coefficient (Wildman–Crippen LogP) is 4.16. The van der Waals surface area contributed by atoms with Gasteiger partial charge in [0.1, 0.15) is 5.76 Å². The van der Waals surface area contributed by atoms with E-state index < -0.39 is 0 Å². The summed E-state index contributed by atoms with van der Waals surface area (Å²) >= 11 is 0. The summed E-state index contributed by atoms with van der Waals surface area (Å²) in [5, 5.41) is 8.11. The maximum absolute atomic E-state index is 12.5. The van der Waals surface area contributed by atoms with Crippen LogP contribution in [0.5, 0.6) is 0 Å². The van der Waals surface area contributed by atoms with Gasteiger partial charge in [-0.2, -0.15) is 5.10 Å². The van der Waals surface area contributed by atoms with Gasteiger partial charge >= 0.3 is 0 Å². The molecule has 4 rings (SSSR count). The summed E-state index contributed by atoms with van der Waals surface area (Å²) in [6.07, 6.45) is 3.53. The Hall–Kier alpha value is -3.48. The Morgan fingerprint density at radius 3 is 2.75 bits per heavy atom. The molecule has 0 unspecified atom stereocenters. The van der Waals surface area contributed by atoms with Gasteiger partial charge < -0.3 is 9.73 Å². The second-order valence-electron chi connectivity index (χ2n) is 6.93. The number of amides is 1. The monoisotopic (exact) mass is 375 g/mol. The molecule has 0 saturated carbocycles. The van der Waals surface area contributed by atoms with Crippen molar-refractivity contribution in [3.63, 3.8) is 0 Å². The minimum Gasteiger partial charge on any atom is -0.441 e. The van der Waals surface area contributed by atoms with Gasteiger partial charge in [0.2, 0.25) is 11.8 Å². The van der Waals surface area contributed by atoms with Crippen LogP contribution in [0.15, 0.2) is 53.2 Å². The Morgan fingerprint density at radius 1 is 1.21 bits per heavy atom. The Morgan fingerprint density at radius 2 is 2.00 bits per heavy atom. The standard InChI is InChI=1S/C21H21N5O2/c1-13(2)26-20-16(11-23-26)9-17(12-22-20)24-19(27)10-18-14(3)28-21(25-18)15-7-5-4-6-8-15/h4-9,11-13H,10H2,1-3H3,(H,24,27). The fourth-order valence-corrected chi connectivity index (χ4v) is 3.04. The lowest BCUT2D eigenvalue weighted by Gasteiger charge is -2.07. The Bertz CT molecular complexity index is 1130. The van der Waals surface area contributed by atoms with Crippen LogP contribution in [-0.2, 0) is 11.2 Å². The van der Waals surface area contributed by atoms with Crippen molar-refractivity contribution in [3.05, 3.63) is 60.2 Å². The van der Waals surface area contributed by atoms with Crippen molar-refractivity contribution in [2.24, 2.45) is 0 Å². The van der Waals surface area contributed by atoms with Gasteiger partial charge in [0.05, 0.1) is 30.2 Å². The van der Waals surface area contributed by atoms with Gasteiger partial charge in [0.25, 0.3) is 0 Å². The molecule has 3 aromatic heterocycles. The predicted molar refractivity (Wildman–Crippen MR) is 107 cm³/mol. The van der Waals surface area contributed by atoms with Crippen LogP contribution in [0.1, 0.15) is 31.3 Å². The number of rotatable bonds is 5. The molecule has 7 heteroatoms. The van der Waals surface area contributed by atoms with Crippen LogP contribution in [0.4, 0.5) is 5.69 Å². The van der Waals surface area contributed by atoms with Crippen LogP contribution >= 0.6 is 0 Å². The number of hydrogen-bond acceptors (Lipinski definition) is 5. The Kier molecular flexibility index (Phi) is 4.65. The molecule has 0 aliphatic rings. The third-order valence-electron chi connectivity index (χ3n) is 4.45. The highest BCUT2D eigenvalue weighted by Gasteiger charge is 2.15. The highest BCUT2D eigenvalue weighted by atomic mass is 16.4. The zero-order valence-electron chi connectivity index (χ0n) is 16.0. The van der Waals surface area contributed by atoms with Gasteiger partial charge in [-0.3, -0.25) is 4.79 Å². The van der Waals surface area contributed by atoms with E-state index in [4.69, 9.17) is 4.42 Å². The summed E-state index contributed by atoms with van der Waals surface area (Å²) in [7, 11) is 0. The summed E-state index contributed by atoms with van der Waals surface area (Å²) in [4.78, 5) is 21.4. The largest absolute Gasteiger partial charge is 0.441 e. The summed E-state index contributed by atoms with van der Waals surface area (Å²) in [6.45, 7) is 5.91. The van der Waals surface area contributed by atoms with Gasteiger partial charge in [-0.15, -0.1) is 0 Å². The molecule has 1 amide bonds. The first-order valence-electron chi connectivity index (χ1n) is 9.16. The molecular formula is C21H21N5O2. The molecule has 0 spiro atoms. The first-order valence-corrected chi connectivity index (χ1v) is 9.16. The Balaban J connectivity index is 1.49. The van der Waals surface area contributed by atoms with Gasteiger partial charge in [0.15, 0.2) is 5.65 Å². The number of aromatic nitrogens is 4. The van der Waals surface area contributed by atoms with Crippen LogP contribution in [0.2, 0.25) is 0 Å². The van der Waals surface area contributed by atoms with E-state index in [-0.39, 0.29) is 18.4 Å². The molecule has 0 aliphatic carbocycles. The average Bonchev–Trinajstić information content (AvgIpc) is 3.26. The smallest absolute Gasteiger partial charge is 0.230 e. The van der Waals surface area contributed by atoms with Crippen LogP contribution < -0.4 is 5.32 Å². The highest BCUT2D eigenvalue weighted by molar-refractivity contribution is 5.93. The van der Waals surface area contributed by atoms with E-state index in [9.17, 15) is 4.79 Å². The van der Waals surface area contributed by atoms with Crippen molar-refractivity contribution in [1.29, 1.82) is 0 Å². The first-order chi connectivity index (χ1) is 13.5. The molecule has 3 heterocycles. The SMILES string of the molecule is Cc1oc(-c2ccccc2)nc1CC(=O)Nc1cnc2c(cnn2C(C)C)c1. The lowest BCUT2D eigenvalue weighted by molar-refractivity contribution is -0.115. The molecule has 142 valence electrons. The van der Waals surface area contributed by atoms with Gasteiger partial charge in [0, 0.05) is 17.0 Å². The second-order valence-corrected chi connectivity index (χ2v) is 6.93. The lowest BCUT2D eigenvalue weighted by Crippen LogP contribution is -2.15. The molecule has 0 fully saturated rings. The molecule has 0 saturated heterocycles. The molecule has 1 aromatic carbocycles. The summed E-state index contributed by atoms with van der Waals surface area (Å²) in [6, 6.07) is 11.7. The summed E-state index contributed by atoms with van der Waals surface area (Å²) < 4.78 is 7.57. The van der Waals surface area contributed by atoms with Crippen LogP contribution in [0, 0.1) is 6.92 Å². The fourth-order valence-electron chi connectivity index (χ4n) is 3.04. The van der Waals surface area contributed by atoms with Crippen molar-refractivity contribution in [2.75, 3.05) is 5.32 Å². The van der Waals surface area contributed by atoms with E-state index in [1.807, 2.05) is 61.9 Å². The fraction of sp³-hybridized carbons (Fsp3) is 0.238. The van der Waals surface area contributed by atoms with E-state index in [0.717, 1.165) is 16.6 Å². The summed E-state index contributed by atoms with van der Waals surface area (Å²) in [5.41, 5.74) is 2.94. The molecule has 0 bridgehead atoms. The third kappa shape index (κ3) is 3.51. The molecule has 1 N–H and O–H groups in total. The zero-order chi connectivity index (χ0) is 19.7. The van der Waals surface area contributed by atoms with Gasteiger partial charge in [-0.05, 0) is 39.0 Å². The zero-order valence-corrected chi connectivity index (χ0v) is 16.0. The Labute approximate surface area is 162 Å². The number of pyridine rings is 1. The lowest BCUT2D eigenvalue weighted by atomic mass is 10.2. The molecule has 0 atom stereocenters. The maximum Gasteiger partial charge on any atom is 0.230 e. The minimum absolute atomic E-state index is 0.130. The van der Waals surface area contributed by atoms with Gasteiger partial charge in [-0.25, -0.2) is 14.6 Å². The second kappa shape index (κ2) is 7.26. The number of oxazole rings is 1. The molecule has 28 heavy (non-hydrogen) atoms. The minimum atomic E-state index is -0.173. The third-order valence-corrected chi connectivity index (χ3v) is 4.45. The number of nitrogens with zero attached hydrogens (tertiary/aromatic N) is 4. The number of fused-ring (bicyclic) bond motifs is 1. The quantitative estimate of drug-likeness (QED) is 0.566. The van der Waals surface area contributed by atoms with Crippen molar-refractivity contribution in [2.45, 2.75) is 33.2 Å².